The topological polar surface area (TPSA) is 42.9 Å². The summed E-state index contributed by atoms with van der Waals surface area (Å²) in [6, 6.07) is 13.9. The lowest BCUT2D eigenvalue weighted by atomic mass is 9.99. The van der Waals surface area contributed by atoms with Gasteiger partial charge in [-0.3, -0.25) is 0 Å². The highest BCUT2D eigenvalue weighted by atomic mass is 35.5. The molecule has 0 aromatic heterocycles. The van der Waals surface area contributed by atoms with E-state index in [1.54, 1.807) is 0 Å². The summed E-state index contributed by atoms with van der Waals surface area (Å²) in [5.74, 6) is 1.60. The third-order valence-corrected chi connectivity index (χ3v) is 3.98. The Kier molecular flexibility index (Phi) is 2.97. The molecule has 0 fully saturated rings. The first-order chi connectivity index (χ1) is 10.3. The van der Waals surface area contributed by atoms with Gasteiger partial charge in [0.05, 0.1) is 11.8 Å². The van der Waals surface area contributed by atoms with Crippen molar-refractivity contribution in [3.8, 4) is 11.5 Å². The molecule has 2 aliphatic heterocycles. The summed E-state index contributed by atoms with van der Waals surface area (Å²) in [5.41, 5.74) is 6.46. The van der Waals surface area contributed by atoms with Crippen molar-refractivity contribution in [1.82, 2.24) is 5.43 Å². The molecule has 0 unspecified atom stereocenters. The molecule has 0 radical (unpaired) electrons. The van der Waals surface area contributed by atoms with Gasteiger partial charge in [0, 0.05) is 11.4 Å². The smallest absolute Gasteiger partial charge is 0.231 e. The van der Waals surface area contributed by atoms with Gasteiger partial charge in [0.15, 0.2) is 11.5 Å². The summed E-state index contributed by atoms with van der Waals surface area (Å²) in [4.78, 5) is 0. The molecule has 0 aliphatic carbocycles. The third-order valence-electron chi connectivity index (χ3n) is 3.73. The monoisotopic (exact) mass is 300 g/mol. The highest BCUT2D eigenvalue weighted by Gasteiger charge is 2.23. The normalized spacial score (nSPS) is 19.3. The van der Waals surface area contributed by atoms with Crippen molar-refractivity contribution in [2.75, 3.05) is 6.79 Å². The van der Waals surface area contributed by atoms with Crippen LogP contribution < -0.4 is 14.9 Å². The molecule has 0 amide bonds. The summed E-state index contributed by atoms with van der Waals surface area (Å²) in [5, 5.41) is 5.17. The van der Waals surface area contributed by atoms with Crippen molar-refractivity contribution in [3.05, 3.63) is 58.6 Å². The summed E-state index contributed by atoms with van der Waals surface area (Å²) < 4.78 is 10.8. The quantitative estimate of drug-likeness (QED) is 0.923. The van der Waals surface area contributed by atoms with Gasteiger partial charge in [0.1, 0.15) is 0 Å². The number of benzene rings is 2. The van der Waals surface area contributed by atoms with E-state index in [0.717, 1.165) is 39.8 Å². The zero-order valence-electron chi connectivity index (χ0n) is 11.2. The number of halogens is 1. The van der Waals surface area contributed by atoms with Gasteiger partial charge in [-0.25, -0.2) is 0 Å². The van der Waals surface area contributed by atoms with E-state index in [0.29, 0.717) is 6.79 Å². The largest absolute Gasteiger partial charge is 0.454 e. The number of nitrogens with one attached hydrogen (secondary N) is 1. The van der Waals surface area contributed by atoms with Gasteiger partial charge in [0.25, 0.3) is 0 Å². The van der Waals surface area contributed by atoms with Crippen LogP contribution in [0.15, 0.2) is 47.6 Å². The molecule has 0 bridgehead atoms. The van der Waals surface area contributed by atoms with Crippen LogP contribution in [0.5, 0.6) is 11.5 Å². The molecule has 2 aromatic carbocycles. The number of fused-ring (bicyclic) bond motifs is 1. The zero-order valence-corrected chi connectivity index (χ0v) is 11.9. The predicted molar refractivity (Wildman–Crippen MR) is 81.0 cm³/mol. The molecule has 4 rings (SSSR count). The van der Waals surface area contributed by atoms with Crippen LogP contribution in [-0.2, 0) is 0 Å². The van der Waals surface area contributed by atoms with Gasteiger partial charge < -0.3 is 14.9 Å². The summed E-state index contributed by atoms with van der Waals surface area (Å²) in [7, 11) is 0. The Morgan fingerprint density at radius 3 is 2.71 bits per heavy atom. The molecule has 1 N–H and O–H groups in total. The molecule has 2 aliphatic rings. The summed E-state index contributed by atoms with van der Waals surface area (Å²) in [6.45, 7) is 0.295. The average Bonchev–Trinajstić information content (AvgIpc) is 3.16. The highest BCUT2D eigenvalue weighted by Crippen LogP contribution is 2.36. The molecule has 4 nitrogen and oxygen atoms in total. The molecule has 5 heteroatoms. The number of hydrogen-bond acceptors (Lipinski definition) is 4. The first-order valence-electron chi connectivity index (χ1n) is 6.77. The Morgan fingerprint density at radius 2 is 1.86 bits per heavy atom. The molecule has 1 atom stereocenters. The maximum Gasteiger partial charge on any atom is 0.231 e. The highest BCUT2D eigenvalue weighted by molar-refractivity contribution is 6.30. The minimum Gasteiger partial charge on any atom is -0.454 e. The molecule has 0 spiro atoms. The van der Waals surface area contributed by atoms with Crippen LogP contribution in [0.4, 0.5) is 0 Å². The summed E-state index contributed by atoms with van der Waals surface area (Å²) in [6.07, 6.45) is 0.835. The lowest BCUT2D eigenvalue weighted by Gasteiger charge is -2.10. The van der Waals surface area contributed by atoms with Gasteiger partial charge in [-0.2, -0.15) is 5.10 Å². The first kappa shape index (κ1) is 12.5. The fraction of sp³-hybridized carbons (Fsp3) is 0.188. The molecule has 2 heterocycles. The van der Waals surface area contributed by atoms with E-state index in [9.17, 15) is 0 Å². The van der Waals surface area contributed by atoms with Crippen molar-refractivity contribution in [3.63, 3.8) is 0 Å². The number of hydrazone groups is 1. The van der Waals surface area contributed by atoms with Crippen molar-refractivity contribution in [1.29, 1.82) is 0 Å². The van der Waals surface area contributed by atoms with E-state index in [1.807, 2.05) is 42.5 Å². The molecular weight excluding hydrogens is 288 g/mol. The molecular formula is C16H13ClN2O2. The van der Waals surface area contributed by atoms with Gasteiger partial charge >= 0.3 is 0 Å². The number of ether oxygens (including phenoxy) is 2. The van der Waals surface area contributed by atoms with Crippen LogP contribution in [0.2, 0.25) is 5.02 Å². The van der Waals surface area contributed by atoms with E-state index in [1.165, 1.54) is 0 Å². The fourth-order valence-electron chi connectivity index (χ4n) is 2.59. The Morgan fingerprint density at radius 1 is 1.05 bits per heavy atom. The maximum absolute atomic E-state index is 5.92. The molecule has 0 saturated carbocycles. The lowest BCUT2D eigenvalue weighted by Crippen LogP contribution is -2.09. The Bertz CT molecular complexity index is 713. The van der Waals surface area contributed by atoms with E-state index in [2.05, 4.69) is 10.5 Å². The lowest BCUT2D eigenvalue weighted by molar-refractivity contribution is 0.174. The number of hydrogen-bond donors (Lipinski definition) is 1. The summed E-state index contributed by atoms with van der Waals surface area (Å²) >= 11 is 5.92. The number of rotatable bonds is 2. The Hall–Kier alpha value is -2.20. The Balaban J connectivity index is 1.54. The van der Waals surface area contributed by atoms with Crippen molar-refractivity contribution in [2.45, 2.75) is 12.5 Å². The SMILES string of the molecule is Clc1ccc(C2=NN[C@H](c3ccc4c(c3)OCO4)C2)cc1. The van der Waals surface area contributed by atoms with Gasteiger partial charge in [0.2, 0.25) is 6.79 Å². The molecule has 2 aromatic rings. The van der Waals surface area contributed by atoms with Gasteiger partial charge in [-0.05, 0) is 35.4 Å². The van der Waals surface area contributed by atoms with E-state index in [-0.39, 0.29) is 6.04 Å². The van der Waals surface area contributed by atoms with Crippen LogP contribution in [0.3, 0.4) is 0 Å². The van der Waals surface area contributed by atoms with Crippen LogP contribution in [0.1, 0.15) is 23.6 Å². The van der Waals surface area contributed by atoms with Crippen molar-refractivity contribution in [2.24, 2.45) is 5.10 Å². The van der Waals surface area contributed by atoms with Crippen molar-refractivity contribution >= 4 is 17.3 Å². The van der Waals surface area contributed by atoms with Crippen LogP contribution >= 0.6 is 11.6 Å². The second-order valence-corrected chi connectivity index (χ2v) is 5.50. The standard InChI is InChI=1S/C16H13ClN2O2/c17-12-4-1-10(2-5-12)13-8-14(19-18-13)11-3-6-15-16(7-11)21-9-20-15/h1-7,14,19H,8-9H2/t14-/m0/s1. The second kappa shape index (κ2) is 4.97. The fourth-order valence-corrected chi connectivity index (χ4v) is 2.71. The van der Waals surface area contributed by atoms with E-state index >= 15 is 0 Å². The third kappa shape index (κ3) is 2.32. The van der Waals surface area contributed by atoms with Gasteiger partial charge in [-0.15, -0.1) is 0 Å². The first-order valence-corrected chi connectivity index (χ1v) is 7.15. The molecule has 0 saturated heterocycles. The number of nitrogens with zero attached hydrogens (tertiary/aromatic N) is 1. The molecule has 21 heavy (non-hydrogen) atoms. The Labute approximate surface area is 127 Å². The van der Waals surface area contributed by atoms with Crippen LogP contribution in [0, 0.1) is 0 Å². The van der Waals surface area contributed by atoms with Gasteiger partial charge in [-0.1, -0.05) is 29.8 Å². The van der Waals surface area contributed by atoms with E-state index < -0.39 is 0 Å². The van der Waals surface area contributed by atoms with Crippen molar-refractivity contribution < 1.29 is 9.47 Å². The van der Waals surface area contributed by atoms with E-state index in [4.69, 9.17) is 21.1 Å². The minimum atomic E-state index is 0.158. The van der Waals surface area contributed by atoms with Crippen LogP contribution in [0.25, 0.3) is 0 Å². The maximum atomic E-state index is 5.92. The average molecular weight is 301 g/mol. The minimum absolute atomic E-state index is 0.158. The second-order valence-electron chi connectivity index (χ2n) is 5.06. The molecule has 106 valence electrons. The van der Waals surface area contributed by atoms with Crippen LogP contribution in [-0.4, -0.2) is 12.5 Å². The predicted octanol–water partition coefficient (Wildman–Crippen LogP) is 3.51. The zero-order chi connectivity index (χ0) is 14.2.